The second-order valence-electron chi connectivity index (χ2n) is 5.51. The molecular weight excluding hydrogens is 460 g/mol. The molecule has 0 saturated heterocycles. The van der Waals surface area contributed by atoms with E-state index in [0.717, 1.165) is 24.3 Å². The smallest absolute Gasteiger partial charge is 0.301 e. The molecule has 1 aromatic carbocycles. The van der Waals surface area contributed by atoms with E-state index in [1.807, 2.05) is 0 Å². The number of thioether (sulfide) groups is 1. The molecule has 2 rings (SSSR count). The van der Waals surface area contributed by atoms with Crippen molar-refractivity contribution in [3.63, 3.8) is 0 Å². The zero-order chi connectivity index (χ0) is 23.1. The van der Waals surface area contributed by atoms with Gasteiger partial charge in [-0.3, -0.25) is 4.79 Å². The van der Waals surface area contributed by atoms with E-state index in [2.05, 4.69) is 4.99 Å². The van der Waals surface area contributed by atoms with Gasteiger partial charge in [0.25, 0.3) is 11.4 Å². The fraction of sp³-hybridized carbons (Fsp3) is 0.267. The number of hydrogen-bond acceptors (Lipinski definition) is 4. The summed E-state index contributed by atoms with van der Waals surface area (Å²) in [5, 5.41) is 8.58. The van der Waals surface area contributed by atoms with Crippen molar-refractivity contribution in [3.05, 3.63) is 46.1 Å². The molecular formula is C15H5F10N3OS. The first-order chi connectivity index (χ1) is 13.5. The molecule has 0 bridgehead atoms. The number of rotatable bonds is 1. The van der Waals surface area contributed by atoms with E-state index in [9.17, 15) is 48.7 Å². The maximum absolute atomic E-state index is 13.6. The van der Waals surface area contributed by atoms with E-state index in [4.69, 9.17) is 5.26 Å². The summed E-state index contributed by atoms with van der Waals surface area (Å²) in [5.74, 6) is -4.99. The Hall–Kier alpha value is -2.76. The topological polar surface area (TPSA) is 65.2 Å². The summed E-state index contributed by atoms with van der Waals surface area (Å²) in [6.07, 6.45) is -19.2. The lowest BCUT2D eigenvalue weighted by Gasteiger charge is -2.31. The minimum absolute atomic E-state index is 0.0600. The van der Waals surface area contributed by atoms with Gasteiger partial charge in [-0.2, -0.15) is 44.8 Å². The van der Waals surface area contributed by atoms with Crippen LogP contribution in [0.3, 0.4) is 0 Å². The van der Waals surface area contributed by atoms with Crippen LogP contribution in [0.15, 0.2) is 40.0 Å². The molecule has 0 saturated carbocycles. The highest BCUT2D eigenvalue weighted by atomic mass is 32.2. The monoisotopic (exact) mass is 465 g/mol. The van der Waals surface area contributed by atoms with E-state index in [-0.39, 0.29) is 11.1 Å². The Morgan fingerprint density at radius 3 is 1.90 bits per heavy atom. The first-order valence-electron chi connectivity index (χ1n) is 7.24. The molecule has 0 fully saturated rings. The van der Waals surface area contributed by atoms with Gasteiger partial charge in [0, 0.05) is 5.56 Å². The molecule has 4 nitrogen and oxygen atoms in total. The minimum Gasteiger partial charge on any atom is -0.301 e. The maximum atomic E-state index is 13.6. The van der Waals surface area contributed by atoms with Gasteiger partial charge in [-0.1, -0.05) is 11.8 Å². The van der Waals surface area contributed by atoms with Crippen molar-refractivity contribution in [2.45, 2.75) is 24.1 Å². The standard InChI is InChI=1S/C15H5F10N3OS/c16-8(13(17,18)19)9-12(14(20,21)22,15(23,24)25)28-11(30-9)27-10(29)7-3-1-6(5-26)2-4-7/h1-4H,(H,27,28,29)/b9-8+. The van der Waals surface area contributed by atoms with Gasteiger partial charge in [-0.25, -0.2) is 9.38 Å². The van der Waals surface area contributed by atoms with Crippen LogP contribution in [0.4, 0.5) is 43.9 Å². The Morgan fingerprint density at radius 1 is 1.00 bits per heavy atom. The van der Waals surface area contributed by atoms with Crippen LogP contribution in [-0.2, 0) is 0 Å². The number of nitriles is 1. The summed E-state index contributed by atoms with van der Waals surface area (Å²) in [4.78, 5) is 11.4. The van der Waals surface area contributed by atoms with Crippen molar-refractivity contribution in [2.75, 3.05) is 0 Å². The largest absolute Gasteiger partial charge is 0.443 e. The Labute approximate surface area is 164 Å². The van der Waals surface area contributed by atoms with Gasteiger partial charge in [0.05, 0.1) is 16.5 Å². The summed E-state index contributed by atoms with van der Waals surface area (Å²) in [6, 6.07) is 5.80. The number of alkyl halides is 9. The highest BCUT2D eigenvalue weighted by Gasteiger charge is 2.77. The van der Waals surface area contributed by atoms with Crippen LogP contribution in [0.1, 0.15) is 15.9 Å². The number of carbonyl (C=O) groups excluding carboxylic acids is 1. The number of amides is 1. The lowest BCUT2D eigenvalue weighted by Crippen LogP contribution is -2.55. The van der Waals surface area contributed by atoms with Crippen LogP contribution < -0.4 is 5.32 Å². The van der Waals surface area contributed by atoms with Crippen LogP contribution in [0.25, 0.3) is 0 Å². The quantitative estimate of drug-likeness (QED) is 0.594. The molecule has 0 unspecified atom stereocenters. The van der Waals surface area contributed by atoms with Crippen molar-refractivity contribution in [3.8, 4) is 6.07 Å². The normalized spacial score (nSPS) is 18.5. The molecule has 1 N–H and O–H groups in total. The fourth-order valence-electron chi connectivity index (χ4n) is 2.19. The molecule has 0 spiro atoms. The number of aliphatic imine (C=N–C) groups is 1. The molecule has 0 aliphatic carbocycles. The number of nitrogens with one attached hydrogen (secondary N) is 1. The van der Waals surface area contributed by atoms with E-state index < -0.39 is 57.6 Å². The highest BCUT2D eigenvalue weighted by molar-refractivity contribution is 8.17. The Balaban J connectivity index is 2.57. The zero-order valence-corrected chi connectivity index (χ0v) is 14.6. The SMILES string of the molecule is N#Cc1ccc(C(=O)NC2=NC(C(F)(F)F)(C(F)(F)F)/C(=C(\F)C(F)(F)F)S2)cc1. The van der Waals surface area contributed by atoms with Crippen LogP contribution in [0.2, 0.25) is 0 Å². The molecule has 1 heterocycles. The number of allylic oxidation sites excluding steroid dienone is 1. The molecule has 0 aromatic heterocycles. The van der Waals surface area contributed by atoms with Crippen LogP contribution >= 0.6 is 11.8 Å². The number of amidine groups is 1. The summed E-state index contributed by atoms with van der Waals surface area (Å²) in [5.41, 5.74) is -5.86. The van der Waals surface area contributed by atoms with Crippen molar-refractivity contribution in [1.82, 2.24) is 5.32 Å². The Kier molecular flexibility index (Phi) is 5.87. The predicted molar refractivity (Wildman–Crippen MR) is 82.7 cm³/mol. The maximum Gasteiger partial charge on any atom is 0.443 e. The molecule has 1 aliphatic rings. The number of hydrogen-bond donors (Lipinski definition) is 1. The average Bonchev–Trinajstić information content (AvgIpc) is 3.00. The van der Waals surface area contributed by atoms with Crippen molar-refractivity contribution in [1.29, 1.82) is 5.26 Å². The van der Waals surface area contributed by atoms with Gasteiger partial charge in [0.2, 0.25) is 5.83 Å². The van der Waals surface area contributed by atoms with Crippen LogP contribution in [0, 0.1) is 11.3 Å². The summed E-state index contributed by atoms with van der Waals surface area (Å²) >= 11 is -0.953. The van der Waals surface area contributed by atoms with Gasteiger partial charge in [-0.05, 0) is 24.3 Å². The summed E-state index contributed by atoms with van der Waals surface area (Å²) in [6.45, 7) is 0. The molecule has 1 amide bonds. The summed E-state index contributed by atoms with van der Waals surface area (Å²) in [7, 11) is 0. The molecule has 15 heteroatoms. The lowest BCUT2D eigenvalue weighted by atomic mass is 9.97. The zero-order valence-electron chi connectivity index (χ0n) is 13.8. The first-order valence-corrected chi connectivity index (χ1v) is 8.06. The predicted octanol–water partition coefficient (Wildman–Crippen LogP) is 5.00. The molecule has 0 radical (unpaired) electrons. The van der Waals surface area contributed by atoms with Gasteiger partial charge < -0.3 is 5.32 Å². The second-order valence-corrected chi connectivity index (χ2v) is 6.51. The Morgan fingerprint density at radius 2 is 1.50 bits per heavy atom. The second kappa shape index (κ2) is 7.49. The third-order valence-corrected chi connectivity index (χ3v) is 4.63. The lowest BCUT2D eigenvalue weighted by molar-refractivity contribution is -0.280. The van der Waals surface area contributed by atoms with E-state index >= 15 is 0 Å². The van der Waals surface area contributed by atoms with Gasteiger partial charge in [0.1, 0.15) is 0 Å². The van der Waals surface area contributed by atoms with E-state index in [1.165, 1.54) is 5.32 Å². The first kappa shape index (κ1) is 23.5. The number of nitrogens with zero attached hydrogens (tertiary/aromatic N) is 2. The molecule has 1 aromatic rings. The molecule has 30 heavy (non-hydrogen) atoms. The van der Waals surface area contributed by atoms with Crippen molar-refractivity contribution < 1.29 is 48.7 Å². The summed E-state index contributed by atoms with van der Waals surface area (Å²) < 4.78 is 131. The average molecular weight is 465 g/mol. The van der Waals surface area contributed by atoms with Gasteiger partial charge in [-0.15, -0.1) is 0 Å². The number of halogens is 10. The van der Waals surface area contributed by atoms with Gasteiger partial charge in [0.15, 0.2) is 5.17 Å². The number of benzene rings is 1. The molecule has 162 valence electrons. The van der Waals surface area contributed by atoms with Gasteiger partial charge >= 0.3 is 18.5 Å². The third-order valence-electron chi connectivity index (χ3n) is 3.56. The highest BCUT2D eigenvalue weighted by Crippen LogP contribution is 2.59. The fourth-order valence-corrected chi connectivity index (χ4v) is 3.34. The molecule has 1 aliphatic heterocycles. The number of carbonyl (C=O) groups is 1. The minimum atomic E-state index is -6.52. The Bertz CT molecular complexity index is 937. The third kappa shape index (κ3) is 4.09. The van der Waals surface area contributed by atoms with E-state index in [0.29, 0.717) is 0 Å². The van der Waals surface area contributed by atoms with E-state index in [1.54, 1.807) is 6.07 Å². The molecule has 0 atom stereocenters. The van der Waals surface area contributed by atoms with Crippen molar-refractivity contribution >= 4 is 22.8 Å². The van der Waals surface area contributed by atoms with Crippen molar-refractivity contribution in [2.24, 2.45) is 4.99 Å². The van der Waals surface area contributed by atoms with Crippen LogP contribution in [0.5, 0.6) is 0 Å². The van der Waals surface area contributed by atoms with Crippen LogP contribution in [-0.4, -0.2) is 35.1 Å².